The molecule has 0 bridgehead atoms. The maximum absolute atomic E-state index is 13.3. The van der Waals surface area contributed by atoms with E-state index in [-0.39, 0.29) is 5.56 Å². The number of alkyl halides is 3. The lowest BCUT2D eigenvalue weighted by atomic mass is 9.91. The summed E-state index contributed by atoms with van der Waals surface area (Å²) in [5.41, 5.74) is 1.26. The minimum absolute atomic E-state index is 0.290. The second kappa shape index (κ2) is 6.76. The summed E-state index contributed by atoms with van der Waals surface area (Å²) in [6.45, 7) is 2.00. The van der Waals surface area contributed by atoms with Gasteiger partial charge in [-0.25, -0.2) is 0 Å². The molecule has 0 aliphatic heterocycles. The number of rotatable bonds is 5. The Balaban J connectivity index is 2.10. The molecule has 0 aliphatic rings. The maximum atomic E-state index is 13.3. The summed E-state index contributed by atoms with van der Waals surface area (Å²) in [6, 6.07) is 16.8. The van der Waals surface area contributed by atoms with Crippen molar-refractivity contribution in [1.29, 1.82) is 0 Å². The van der Waals surface area contributed by atoms with Gasteiger partial charge in [0, 0.05) is 12.6 Å². The van der Waals surface area contributed by atoms with Crippen LogP contribution in [-0.4, -0.2) is 12.2 Å². The molecule has 2 aromatic carbocycles. The molecule has 2 atom stereocenters. The zero-order valence-corrected chi connectivity index (χ0v) is 11.8. The third kappa shape index (κ3) is 4.33. The topological polar surface area (TPSA) is 12.0 Å². The van der Waals surface area contributed by atoms with Gasteiger partial charge in [-0.1, -0.05) is 60.7 Å². The smallest absolute Gasteiger partial charge is 0.309 e. The number of hydrogen-bond acceptors (Lipinski definition) is 1. The molecule has 0 spiro atoms. The van der Waals surface area contributed by atoms with Crippen molar-refractivity contribution < 1.29 is 13.2 Å². The lowest BCUT2D eigenvalue weighted by Gasteiger charge is -2.27. The first-order valence-corrected chi connectivity index (χ1v) is 6.87. The van der Waals surface area contributed by atoms with Crippen LogP contribution in [0.3, 0.4) is 0 Å². The zero-order valence-electron chi connectivity index (χ0n) is 11.8. The molecule has 0 radical (unpaired) electrons. The Morgan fingerprint density at radius 2 is 1.43 bits per heavy atom. The van der Waals surface area contributed by atoms with Crippen molar-refractivity contribution in [1.82, 2.24) is 5.32 Å². The summed E-state index contributed by atoms with van der Waals surface area (Å²) in [4.78, 5) is 0. The summed E-state index contributed by atoms with van der Waals surface area (Å²) < 4.78 is 40.0. The van der Waals surface area contributed by atoms with E-state index >= 15 is 0 Å². The van der Waals surface area contributed by atoms with Gasteiger partial charge in [0.1, 0.15) is 0 Å². The summed E-state index contributed by atoms with van der Waals surface area (Å²) in [6.07, 6.45) is -4.27. The fraction of sp³-hybridized carbons (Fsp3) is 0.294. The van der Waals surface area contributed by atoms with Gasteiger partial charge in [-0.15, -0.1) is 0 Å². The maximum Gasteiger partial charge on any atom is 0.397 e. The van der Waals surface area contributed by atoms with Gasteiger partial charge in [-0.2, -0.15) is 13.2 Å². The van der Waals surface area contributed by atoms with E-state index in [0.717, 1.165) is 5.56 Å². The van der Waals surface area contributed by atoms with Crippen molar-refractivity contribution in [3.8, 4) is 0 Å². The van der Waals surface area contributed by atoms with Gasteiger partial charge in [0.05, 0.1) is 5.92 Å². The van der Waals surface area contributed by atoms with Gasteiger partial charge in [0.2, 0.25) is 0 Å². The molecule has 4 heteroatoms. The van der Waals surface area contributed by atoms with Crippen LogP contribution in [0.25, 0.3) is 0 Å². The Morgan fingerprint density at radius 3 is 1.95 bits per heavy atom. The predicted octanol–water partition coefficient (Wildman–Crippen LogP) is 4.51. The van der Waals surface area contributed by atoms with E-state index in [1.165, 1.54) is 12.1 Å². The fourth-order valence-corrected chi connectivity index (χ4v) is 2.41. The molecule has 0 fully saturated rings. The first kappa shape index (κ1) is 15.6. The first-order valence-electron chi connectivity index (χ1n) is 6.87. The molecule has 0 saturated carbocycles. The molecule has 0 saturated heterocycles. The quantitative estimate of drug-likeness (QED) is 0.855. The van der Waals surface area contributed by atoms with E-state index in [1.807, 2.05) is 30.3 Å². The van der Waals surface area contributed by atoms with Crippen molar-refractivity contribution in [2.45, 2.75) is 31.6 Å². The Bertz CT molecular complexity index is 537. The highest BCUT2D eigenvalue weighted by atomic mass is 19.4. The van der Waals surface area contributed by atoms with Crippen molar-refractivity contribution in [2.24, 2.45) is 0 Å². The van der Waals surface area contributed by atoms with Gasteiger partial charge in [0.25, 0.3) is 0 Å². The highest BCUT2D eigenvalue weighted by molar-refractivity contribution is 5.23. The average molecular weight is 293 g/mol. The second-order valence-corrected chi connectivity index (χ2v) is 5.09. The predicted molar refractivity (Wildman–Crippen MR) is 78.0 cm³/mol. The van der Waals surface area contributed by atoms with Gasteiger partial charge >= 0.3 is 6.18 Å². The van der Waals surface area contributed by atoms with Crippen LogP contribution in [-0.2, 0) is 6.54 Å². The highest BCUT2D eigenvalue weighted by Crippen LogP contribution is 2.37. The minimum atomic E-state index is -4.27. The molecule has 112 valence electrons. The van der Waals surface area contributed by atoms with Crippen molar-refractivity contribution >= 4 is 0 Å². The second-order valence-electron chi connectivity index (χ2n) is 5.09. The molecule has 2 rings (SSSR count). The van der Waals surface area contributed by atoms with Crippen LogP contribution in [0.1, 0.15) is 24.0 Å². The first-order chi connectivity index (χ1) is 9.98. The number of nitrogens with one attached hydrogen (secondary N) is 1. The summed E-state index contributed by atoms with van der Waals surface area (Å²) in [7, 11) is 0. The number of halogens is 3. The summed E-state index contributed by atoms with van der Waals surface area (Å²) >= 11 is 0. The molecular weight excluding hydrogens is 275 g/mol. The molecule has 0 aliphatic carbocycles. The van der Waals surface area contributed by atoms with E-state index in [9.17, 15) is 13.2 Å². The van der Waals surface area contributed by atoms with Gasteiger partial charge < -0.3 is 5.32 Å². The molecule has 21 heavy (non-hydrogen) atoms. The molecule has 0 heterocycles. The van der Waals surface area contributed by atoms with E-state index in [1.54, 1.807) is 25.1 Å². The lowest BCUT2D eigenvalue weighted by molar-refractivity contribution is -0.156. The van der Waals surface area contributed by atoms with Gasteiger partial charge in [-0.3, -0.25) is 0 Å². The van der Waals surface area contributed by atoms with E-state index < -0.39 is 18.1 Å². The average Bonchev–Trinajstić information content (AvgIpc) is 2.46. The standard InChI is InChI=1S/C17H18F3N/c1-13(21-12-14-8-4-2-5-9-14)16(17(18,19)20)15-10-6-3-7-11-15/h2-11,13,16,21H,12H2,1H3. The minimum Gasteiger partial charge on any atom is -0.309 e. The summed E-state index contributed by atoms with van der Waals surface area (Å²) in [5.74, 6) is -1.51. The molecule has 2 aromatic rings. The Morgan fingerprint density at radius 1 is 0.905 bits per heavy atom. The number of benzene rings is 2. The Hall–Kier alpha value is -1.81. The normalized spacial score (nSPS) is 14.7. The summed E-state index contributed by atoms with van der Waals surface area (Å²) in [5, 5.41) is 2.98. The highest BCUT2D eigenvalue weighted by Gasteiger charge is 2.43. The Kier molecular flexibility index (Phi) is 5.02. The third-order valence-electron chi connectivity index (χ3n) is 3.48. The van der Waals surface area contributed by atoms with E-state index in [4.69, 9.17) is 0 Å². The van der Waals surface area contributed by atoms with Crippen LogP contribution in [0.4, 0.5) is 13.2 Å². The SMILES string of the molecule is CC(NCc1ccccc1)C(c1ccccc1)C(F)(F)F. The molecule has 1 nitrogen and oxygen atoms in total. The van der Waals surface area contributed by atoms with Gasteiger partial charge in [-0.05, 0) is 18.1 Å². The van der Waals surface area contributed by atoms with E-state index in [0.29, 0.717) is 6.54 Å². The van der Waals surface area contributed by atoms with Crippen LogP contribution in [0.5, 0.6) is 0 Å². The lowest BCUT2D eigenvalue weighted by Crippen LogP contribution is -2.39. The molecule has 2 unspecified atom stereocenters. The van der Waals surface area contributed by atoms with Crippen LogP contribution in [0.15, 0.2) is 60.7 Å². The van der Waals surface area contributed by atoms with Crippen LogP contribution < -0.4 is 5.32 Å². The zero-order chi connectivity index (χ0) is 15.3. The monoisotopic (exact) mass is 293 g/mol. The molecular formula is C17H18F3N. The largest absolute Gasteiger partial charge is 0.397 e. The van der Waals surface area contributed by atoms with E-state index in [2.05, 4.69) is 5.32 Å². The fourth-order valence-electron chi connectivity index (χ4n) is 2.41. The Labute approximate surface area is 122 Å². The van der Waals surface area contributed by atoms with Crippen LogP contribution >= 0.6 is 0 Å². The van der Waals surface area contributed by atoms with Crippen molar-refractivity contribution in [3.63, 3.8) is 0 Å². The van der Waals surface area contributed by atoms with Crippen LogP contribution in [0.2, 0.25) is 0 Å². The number of hydrogen-bond donors (Lipinski definition) is 1. The molecule has 1 N–H and O–H groups in total. The molecule has 0 amide bonds. The van der Waals surface area contributed by atoms with Crippen molar-refractivity contribution in [3.05, 3.63) is 71.8 Å². The van der Waals surface area contributed by atoms with Gasteiger partial charge in [0.15, 0.2) is 0 Å². The van der Waals surface area contributed by atoms with Crippen LogP contribution in [0, 0.1) is 0 Å². The molecule has 0 aromatic heterocycles. The third-order valence-corrected chi connectivity index (χ3v) is 3.48. The van der Waals surface area contributed by atoms with Crippen molar-refractivity contribution in [2.75, 3.05) is 0 Å².